The SMILES string of the molecule is CC(=O)NCCCN(C)c1ccc(C(=O)Nc2nncs2)cn1. The molecule has 2 rings (SSSR count). The van der Waals surface area contributed by atoms with Gasteiger partial charge in [0, 0.05) is 33.3 Å². The van der Waals surface area contributed by atoms with Crippen molar-refractivity contribution in [3.63, 3.8) is 0 Å². The van der Waals surface area contributed by atoms with Gasteiger partial charge < -0.3 is 10.2 Å². The first-order valence-electron chi connectivity index (χ1n) is 7.05. The van der Waals surface area contributed by atoms with E-state index in [1.165, 1.54) is 24.5 Å². The fraction of sp³-hybridized carbons (Fsp3) is 0.357. The second-order valence-electron chi connectivity index (χ2n) is 4.86. The van der Waals surface area contributed by atoms with E-state index in [2.05, 4.69) is 25.8 Å². The summed E-state index contributed by atoms with van der Waals surface area (Å²) >= 11 is 1.25. The minimum Gasteiger partial charge on any atom is -0.360 e. The van der Waals surface area contributed by atoms with Crippen LogP contribution in [0.4, 0.5) is 10.9 Å². The van der Waals surface area contributed by atoms with Crippen molar-refractivity contribution in [1.82, 2.24) is 20.5 Å². The number of amides is 2. The molecule has 0 atom stereocenters. The Morgan fingerprint density at radius 2 is 2.17 bits per heavy atom. The van der Waals surface area contributed by atoms with Crippen molar-refractivity contribution in [2.45, 2.75) is 13.3 Å². The number of rotatable bonds is 7. The molecule has 23 heavy (non-hydrogen) atoms. The number of nitrogens with zero attached hydrogens (tertiary/aromatic N) is 4. The zero-order valence-electron chi connectivity index (χ0n) is 12.9. The van der Waals surface area contributed by atoms with Crippen molar-refractivity contribution in [2.24, 2.45) is 0 Å². The molecule has 122 valence electrons. The Labute approximate surface area is 137 Å². The molecule has 2 heterocycles. The average Bonchev–Trinajstić information content (AvgIpc) is 3.04. The summed E-state index contributed by atoms with van der Waals surface area (Å²) in [6.45, 7) is 2.88. The number of carbonyl (C=O) groups excluding carboxylic acids is 2. The molecule has 0 spiro atoms. The Morgan fingerprint density at radius 3 is 2.78 bits per heavy atom. The van der Waals surface area contributed by atoms with Gasteiger partial charge in [-0.15, -0.1) is 10.2 Å². The van der Waals surface area contributed by atoms with E-state index in [9.17, 15) is 9.59 Å². The maximum atomic E-state index is 12.0. The Balaban J connectivity index is 1.85. The third-order valence-corrected chi connectivity index (χ3v) is 3.63. The molecule has 2 amide bonds. The van der Waals surface area contributed by atoms with Crippen LogP contribution in [-0.2, 0) is 4.79 Å². The predicted octanol–water partition coefficient (Wildman–Crippen LogP) is 1.15. The number of nitrogens with one attached hydrogen (secondary N) is 2. The van der Waals surface area contributed by atoms with E-state index in [4.69, 9.17) is 0 Å². The van der Waals surface area contributed by atoms with Crippen LogP contribution in [0.5, 0.6) is 0 Å². The quantitative estimate of drug-likeness (QED) is 0.737. The minimum absolute atomic E-state index is 0.0310. The monoisotopic (exact) mass is 334 g/mol. The predicted molar refractivity (Wildman–Crippen MR) is 88.7 cm³/mol. The Morgan fingerprint density at radius 1 is 1.35 bits per heavy atom. The molecule has 0 saturated carbocycles. The molecule has 2 N–H and O–H groups in total. The molecule has 0 radical (unpaired) electrons. The number of hydrogen-bond acceptors (Lipinski definition) is 7. The Bertz CT molecular complexity index is 644. The van der Waals surface area contributed by atoms with Crippen molar-refractivity contribution >= 4 is 34.1 Å². The van der Waals surface area contributed by atoms with E-state index in [1.54, 1.807) is 17.6 Å². The fourth-order valence-corrected chi connectivity index (χ4v) is 2.28. The van der Waals surface area contributed by atoms with Crippen LogP contribution in [0.2, 0.25) is 0 Å². The summed E-state index contributed by atoms with van der Waals surface area (Å²) in [5.41, 5.74) is 2.00. The molecular weight excluding hydrogens is 316 g/mol. The van der Waals surface area contributed by atoms with Gasteiger partial charge in [0.15, 0.2) is 0 Å². The molecule has 0 saturated heterocycles. The highest BCUT2D eigenvalue weighted by atomic mass is 32.1. The van der Waals surface area contributed by atoms with Crippen LogP contribution in [0.15, 0.2) is 23.8 Å². The van der Waals surface area contributed by atoms with Gasteiger partial charge in [-0.1, -0.05) is 11.3 Å². The fourth-order valence-electron chi connectivity index (χ4n) is 1.84. The third kappa shape index (κ3) is 5.29. The van der Waals surface area contributed by atoms with Crippen LogP contribution < -0.4 is 15.5 Å². The highest BCUT2D eigenvalue weighted by Gasteiger charge is 2.09. The van der Waals surface area contributed by atoms with E-state index >= 15 is 0 Å². The van der Waals surface area contributed by atoms with Gasteiger partial charge in [0.1, 0.15) is 11.3 Å². The smallest absolute Gasteiger partial charge is 0.259 e. The van der Waals surface area contributed by atoms with Crippen molar-refractivity contribution in [3.05, 3.63) is 29.4 Å². The lowest BCUT2D eigenvalue weighted by molar-refractivity contribution is -0.118. The summed E-state index contributed by atoms with van der Waals surface area (Å²) in [7, 11) is 1.91. The summed E-state index contributed by atoms with van der Waals surface area (Å²) in [4.78, 5) is 29.0. The molecular formula is C14H18N6O2S. The van der Waals surface area contributed by atoms with Gasteiger partial charge >= 0.3 is 0 Å². The van der Waals surface area contributed by atoms with E-state index in [1.807, 2.05) is 11.9 Å². The third-order valence-electron chi connectivity index (χ3n) is 3.03. The number of aromatic nitrogens is 3. The van der Waals surface area contributed by atoms with Gasteiger partial charge in [-0.3, -0.25) is 14.9 Å². The lowest BCUT2D eigenvalue weighted by Gasteiger charge is -2.18. The number of pyridine rings is 1. The zero-order chi connectivity index (χ0) is 16.7. The summed E-state index contributed by atoms with van der Waals surface area (Å²) in [5.74, 6) is 0.464. The maximum Gasteiger partial charge on any atom is 0.259 e. The highest BCUT2D eigenvalue weighted by Crippen LogP contribution is 2.13. The van der Waals surface area contributed by atoms with E-state index in [0.29, 0.717) is 17.2 Å². The molecule has 2 aromatic heterocycles. The van der Waals surface area contributed by atoms with Crippen molar-refractivity contribution in [3.8, 4) is 0 Å². The number of carbonyl (C=O) groups is 2. The molecule has 0 bridgehead atoms. The molecule has 0 fully saturated rings. The first-order valence-corrected chi connectivity index (χ1v) is 7.93. The van der Waals surface area contributed by atoms with Crippen LogP contribution in [0.25, 0.3) is 0 Å². The van der Waals surface area contributed by atoms with Crippen LogP contribution in [0.3, 0.4) is 0 Å². The van der Waals surface area contributed by atoms with Crippen LogP contribution >= 0.6 is 11.3 Å². The lowest BCUT2D eigenvalue weighted by atomic mass is 10.2. The number of hydrogen-bond donors (Lipinski definition) is 2. The van der Waals surface area contributed by atoms with Gasteiger partial charge in [0.2, 0.25) is 11.0 Å². The molecule has 0 aliphatic heterocycles. The van der Waals surface area contributed by atoms with Crippen molar-refractivity contribution in [1.29, 1.82) is 0 Å². The minimum atomic E-state index is -0.269. The van der Waals surface area contributed by atoms with Crippen molar-refractivity contribution < 1.29 is 9.59 Å². The molecule has 2 aromatic rings. The molecule has 0 aromatic carbocycles. The van der Waals surface area contributed by atoms with Crippen LogP contribution in [0, 0.1) is 0 Å². The normalized spacial score (nSPS) is 10.2. The molecule has 8 nitrogen and oxygen atoms in total. The Kier molecular flexibility index (Phi) is 5.98. The summed E-state index contributed by atoms with van der Waals surface area (Å²) in [6, 6.07) is 3.50. The van der Waals surface area contributed by atoms with Gasteiger partial charge in [0.25, 0.3) is 5.91 Å². The summed E-state index contributed by atoms with van der Waals surface area (Å²) < 4.78 is 0. The average molecular weight is 334 g/mol. The lowest BCUT2D eigenvalue weighted by Crippen LogP contribution is -2.26. The second kappa shape index (κ2) is 8.18. The van der Waals surface area contributed by atoms with Gasteiger partial charge in [-0.2, -0.15) is 0 Å². The van der Waals surface area contributed by atoms with Gasteiger partial charge in [-0.05, 0) is 18.6 Å². The van der Waals surface area contributed by atoms with Crippen LogP contribution in [0.1, 0.15) is 23.7 Å². The summed E-state index contributed by atoms with van der Waals surface area (Å²) in [6.07, 6.45) is 2.34. The molecule has 9 heteroatoms. The first-order chi connectivity index (χ1) is 11.1. The van der Waals surface area contributed by atoms with Crippen LogP contribution in [-0.4, -0.2) is 47.1 Å². The van der Waals surface area contributed by atoms with E-state index < -0.39 is 0 Å². The standard InChI is InChI=1S/C14H18N6O2S/c1-10(21)15-6-3-7-20(2)12-5-4-11(8-16-12)13(22)18-14-19-17-9-23-14/h4-5,8-9H,3,6-7H2,1-2H3,(H,15,21)(H,18,19,22). The maximum absolute atomic E-state index is 12.0. The van der Waals surface area contributed by atoms with Crippen molar-refractivity contribution in [2.75, 3.05) is 30.4 Å². The molecule has 0 aliphatic carbocycles. The number of anilines is 2. The molecule has 0 aliphatic rings. The summed E-state index contributed by atoms with van der Waals surface area (Å²) in [5, 5.41) is 13.3. The molecule has 0 unspecified atom stereocenters. The first kappa shape index (κ1) is 16.8. The van der Waals surface area contributed by atoms with Gasteiger partial charge in [-0.25, -0.2) is 4.98 Å². The van der Waals surface area contributed by atoms with E-state index in [0.717, 1.165) is 18.8 Å². The second-order valence-corrected chi connectivity index (χ2v) is 5.69. The Hall–Kier alpha value is -2.55. The highest BCUT2D eigenvalue weighted by molar-refractivity contribution is 7.13. The van der Waals surface area contributed by atoms with E-state index in [-0.39, 0.29) is 11.8 Å². The zero-order valence-corrected chi connectivity index (χ0v) is 13.8. The van der Waals surface area contributed by atoms with Gasteiger partial charge in [0.05, 0.1) is 5.56 Å². The largest absolute Gasteiger partial charge is 0.360 e. The topological polar surface area (TPSA) is 100 Å².